The van der Waals surface area contributed by atoms with Crippen molar-refractivity contribution in [2.75, 3.05) is 0 Å². The van der Waals surface area contributed by atoms with Gasteiger partial charge in [-0.1, -0.05) is 0 Å². The van der Waals surface area contributed by atoms with E-state index in [0.717, 1.165) is 25.0 Å². The van der Waals surface area contributed by atoms with Crippen molar-refractivity contribution in [2.45, 2.75) is 43.8 Å². The summed E-state index contributed by atoms with van der Waals surface area (Å²) in [5.41, 5.74) is 0.550. The summed E-state index contributed by atoms with van der Waals surface area (Å²) in [6, 6.07) is 11.2. The van der Waals surface area contributed by atoms with Crippen LogP contribution in [0.2, 0.25) is 0 Å². The highest BCUT2D eigenvalue weighted by atomic mass is 35.5. The van der Waals surface area contributed by atoms with Gasteiger partial charge in [0.25, 0.3) is 5.91 Å². The first kappa shape index (κ1) is 19.6. The van der Waals surface area contributed by atoms with Crippen LogP contribution in [-0.4, -0.2) is 24.0 Å². The largest absolute Gasteiger partial charge is 0.457 e. The summed E-state index contributed by atoms with van der Waals surface area (Å²) in [5, 5.41) is 6.66. The van der Waals surface area contributed by atoms with E-state index in [0.29, 0.717) is 23.4 Å². The monoisotopic (exact) mass is 394 g/mol. The molecule has 2 fully saturated rings. The SMILES string of the molecule is Cl.O=C(NC1CC2CCC(C1)N2)c1ccc(Oc2ccc(F)c(F)c2)cc1. The Morgan fingerprint density at radius 1 is 0.963 bits per heavy atom. The molecule has 2 N–H and O–H groups in total. The van der Waals surface area contributed by atoms with Crippen LogP contribution in [0.15, 0.2) is 42.5 Å². The maximum Gasteiger partial charge on any atom is 0.251 e. The molecule has 144 valence electrons. The zero-order valence-electron chi connectivity index (χ0n) is 14.6. The third kappa shape index (κ3) is 4.57. The second-order valence-corrected chi connectivity index (χ2v) is 6.98. The molecule has 0 radical (unpaired) electrons. The van der Waals surface area contributed by atoms with Gasteiger partial charge >= 0.3 is 0 Å². The van der Waals surface area contributed by atoms with Gasteiger partial charge in [-0.25, -0.2) is 8.78 Å². The molecule has 2 saturated heterocycles. The fraction of sp³-hybridized carbons (Fsp3) is 0.350. The number of hydrogen-bond acceptors (Lipinski definition) is 3. The molecule has 4 nitrogen and oxygen atoms in total. The number of rotatable bonds is 4. The van der Waals surface area contributed by atoms with E-state index >= 15 is 0 Å². The second kappa shape index (κ2) is 8.23. The van der Waals surface area contributed by atoms with Crippen LogP contribution in [0.4, 0.5) is 8.78 Å². The molecule has 1 amide bonds. The third-order valence-corrected chi connectivity index (χ3v) is 5.05. The number of halogens is 3. The minimum atomic E-state index is -0.963. The Labute approximate surface area is 162 Å². The van der Waals surface area contributed by atoms with Crippen LogP contribution >= 0.6 is 12.4 Å². The molecule has 2 heterocycles. The number of benzene rings is 2. The van der Waals surface area contributed by atoms with Gasteiger partial charge in [0.15, 0.2) is 11.6 Å². The van der Waals surface area contributed by atoms with E-state index in [9.17, 15) is 13.6 Å². The van der Waals surface area contributed by atoms with Gasteiger partial charge in [0.05, 0.1) is 0 Å². The maximum atomic E-state index is 13.2. The van der Waals surface area contributed by atoms with Crippen molar-refractivity contribution >= 4 is 18.3 Å². The van der Waals surface area contributed by atoms with Crippen LogP contribution in [0.3, 0.4) is 0 Å². The molecule has 2 unspecified atom stereocenters. The Balaban J connectivity index is 0.00000210. The van der Waals surface area contributed by atoms with Crippen LogP contribution in [-0.2, 0) is 0 Å². The lowest BCUT2D eigenvalue weighted by molar-refractivity contribution is 0.0924. The van der Waals surface area contributed by atoms with E-state index in [2.05, 4.69) is 10.6 Å². The molecular formula is C20H21ClF2N2O2. The molecule has 0 saturated carbocycles. The van der Waals surface area contributed by atoms with Crippen LogP contribution in [0.25, 0.3) is 0 Å². The predicted molar refractivity (Wildman–Crippen MR) is 101 cm³/mol. The number of fused-ring (bicyclic) bond motifs is 2. The quantitative estimate of drug-likeness (QED) is 0.817. The highest BCUT2D eigenvalue weighted by molar-refractivity contribution is 5.94. The molecule has 2 aliphatic heterocycles. The van der Waals surface area contributed by atoms with Gasteiger partial charge in [0.1, 0.15) is 11.5 Å². The summed E-state index contributed by atoms with van der Waals surface area (Å²) < 4.78 is 31.7. The van der Waals surface area contributed by atoms with Crippen molar-refractivity contribution in [3.05, 3.63) is 59.7 Å². The second-order valence-electron chi connectivity index (χ2n) is 6.98. The average molecular weight is 395 g/mol. The summed E-state index contributed by atoms with van der Waals surface area (Å²) in [6.07, 6.45) is 4.32. The molecule has 7 heteroatoms. The summed E-state index contributed by atoms with van der Waals surface area (Å²) in [7, 11) is 0. The number of carbonyl (C=O) groups excluding carboxylic acids is 1. The highest BCUT2D eigenvalue weighted by Crippen LogP contribution is 2.27. The standard InChI is InChI=1S/C20H20F2N2O2.ClH/c21-18-8-7-17(11-19(18)22)26-16-5-1-12(2-6-16)20(25)24-15-9-13-3-4-14(10-15)23-13;/h1-2,5-8,11,13-15,23H,3-4,9-10H2,(H,24,25);1H. The summed E-state index contributed by atoms with van der Waals surface area (Å²) in [4.78, 5) is 12.4. The molecule has 2 atom stereocenters. The van der Waals surface area contributed by atoms with Crippen LogP contribution in [0.1, 0.15) is 36.0 Å². The van der Waals surface area contributed by atoms with Gasteiger partial charge in [-0.05, 0) is 62.1 Å². The third-order valence-electron chi connectivity index (χ3n) is 5.05. The van der Waals surface area contributed by atoms with Gasteiger partial charge in [-0.3, -0.25) is 4.79 Å². The van der Waals surface area contributed by atoms with Crippen LogP contribution < -0.4 is 15.4 Å². The summed E-state index contributed by atoms with van der Waals surface area (Å²) in [6.45, 7) is 0. The first-order chi connectivity index (χ1) is 12.6. The van der Waals surface area contributed by atoms with Gasteiger partial charge in [0.2, 0.25) is 0 Å². The summed E-state index contributed by atoms with van der Waals surface area (Å²) >= 11 is 0. The smallest absolute Gasteiger partial charge is 0.251 e. The van der Waals surface area contributed by atoms with Gasteiger partial charge < -0.3 is 15.4 Å². The van der Waals surface area contributed by atoms with Crippen molar-refractivity contribution in [1.82, 2.24) is 10.6 Å². The topological polar surface area (TPSA) is 50.4 Å². The number of ether oxygens (including phenoxy) is 1. The van der Waals surface area contributed by atoms with E-state index in [4.69, 9.17) is 4.74 Å². The first-order valence-corrected chi connectivity index (χ1v) is 8.87. The number of hydrogen-bond donors (Lipinski definition) is 2. The minimum absolute atomic E-state index is 0. The molecule has 0 aromatic heterocycles. The molecule has 27 heavy (non-hydrogen) atoms. The Kier molecular flexibility index (Phi) is 5.97. The van der Waals surface area contributed by atoms with E-state index in [1.807, 2.05) is 0 Å². The average Bonchev–Trinajstić information content (AvgIpc) is 2.97. The predicted octanol–water partition coefficient (Wildman–Crippen LogP) is 4.19. The van der Waals surface area contributed by atoms with Crippen molar-refractivity contribution in [1.29, 1.82) is 0 Å². The van der Waals surface area contributed by atoms with Gasteiger partial charge in [0, 0.05) is 29.8 Å². The lowest BCUT2D eigenvalue weighted by Crippen LogP contribution is -2.48. The molecule has 0 aliphatic carbocycles. The van der Waals surface area contributed by atoms with Crippen molar-refractivity contribution in [2.24, 2.45) is 0 Å². The highest BCUT2D eigenvalue weighted by Gasteiger charge is 2.34. The number of nitrogens with one attached hydrogen (secondary N) is 2. The van der Waals surface area contributed by atoms with Crippen LogP contribution in [0.5, 0.6) is 11.5 Å². The Morgan fingerprint density at radius 2 is 1.59 bits per heavy atom. The molecule has 2 bridgehead atoms. The van der Waals surface area contributed by atoms with Crippen molar-refractivity contribution in [3.8, 4) is 11.5 Å². The molecule has 2 aromatic carbocycles. The Hall–Kier alpha value is -2.18. The number of piperidine rings is 1. The number of carbonyl (C=O) groups is 1. The lowest BCUT2D eigenvalue weighted by Gasteiger charge is -2.29. The molecular weight excluding hydrogens is 374 g/mol. The first-order valence-electron chi connectivity index (χ1n) is 8.87. The Morgan fingerprint density at radius 3 is 2.22 bits per heavy atom. The van der Waals surface area contributed by atoms with E-state index < -0.39 is 11.6 Å². The number of amides is 1. The lowest BCUT2D eigenvalue weighted by atomic mass is 9.99. The van der Waals surface area contributed by atoms with E-state index in [-0.39, 0.29) is 30.1 Å². The fourth-order valence-corrected chi connectivity index (χ4v) is 3.79. The van der Waals surface area contributed by atoms with Crippen LogP contribution in [0, 0.1) is 11.6 Å². The van der Waals surface area contributed by atoms with Gasteiger partial charge in [-0.2, -0.15) is 0 Å². The van der Waals surface area contributed by atoms with Gasteiger partial charge in [-0.15, -0.1) is 12.4 Å². The molecule has 2 aromatic rings. The molecule has 2 aliphatic rings. The van der Waals surface area contributed by atoms with E-state index in [1.165, 1.54) is 18.9 Å². The summed E-state index contributed by atoms with van der Waals surface area (Å²) in [5.74, 6) is -1.33. The normalized spacial score (nSPS) is 23.4. The maximum absolute atomic E-state index is 13.2. The van der Waals surface area contributed by atoms with Crippen molar-refractivity contribution < 1.29 is 18.3 Å². The zero-order chi connectivity index (χ0) is 18.1. The fourth-order valence-electron chi connectivity index (χ4n) is 3.79. The molecule has 4 rings (SSSR count). The minimum Gasteiger partial charge on any atom is -0.457 e. The zero-order valence-corrected chi connectivity index (χ0v) is 15.4. The Bertz CT molecular complexity index is 804. The van der Waals surface area contributed by atoms with E-state index in [1.54, 1.807) is 24.3 Å². The molecule has 0 spiro atoms. The van der Waals surface area contributed by atoms with Crippen molar-refractivity contribution in [3.63, 3.8) is 0 Å².